The van der Waals surface area contributed by atoms with Crippen LogP contribution >= 0.6 is 0 Å². The van der Waals surface area contributed by atoms with Gasteiger partial charge in [-0.15, -0.1) is 0 Å². The van der Waals surface area contributed by atoms with Crippen LogP contribution in [0.2, 0.25) is 0 Å². The summed E-state index contributed by atoms with van der Waals surface area (Å²) >= 11 is 0. The average Bonchev–Trinajstić information content (AvgIpc) is 2.49. The van der Waals surface area contributed by atoms with Gasteiger partial charge in [-0.25, -0.2) is 0 Å². The van der Waals surface area contributed by atoms with Crippen molar-refractivity contribution in [2.75, 3.05) is 16.8 Å². The zero-order valence-corrected chi connectivity index (χ0v) is 14.9. The summed E-state index contributed by atoms with van der Waals surface area (Å²) in [5.74, 6) is -0.360. The molecule has 0 aromatic heterocycles. The van der Waals surface area contributed by atoms with Crippen molar-refractivity contribution in [3.05, 3.63) is 58.7 Å². The average molecular weight is 324 g/mol. The van der Waals surface area contributed by atoms with E-state index in [0.717, 1.165) is 33.6 Å². The molecule has 0 aliphatic carbocycles. The van der Waals surface area contributed by atoms with Crippen molar-refractivity contribution < 1.29 is 9.59 Å². The molecule has 4 nitrogen and oxygen atoms in total. The third-order valence-corrected chi connectivity index (χ3v) is 4.07. The van der Waals surface area contributed by atoms with Crippen molar-refractivity contribution in [3.8, 4) is 0 Å². The van der Waals surface area contributed by atoms with E-state index in [1.54, 1.807) is 0 Å². The van der Waals surface area contributed by atoms with Crippen LogP contribution < -0.4 is 10.2 Å². The molecule has 2 amide bonds. The van der Waals surface area contributed by atoms with Crippen molar-refractivity contribution in [2.24, 2.45) is 0 Å². The van der Waals surface area contributed by atoms with E-state index in [4.69, 9.17) is 0 Å². The number of benzene rings is 2. The van der Waals surface area contributed by atoms with Crippen molar-refractivity contribution in [1.29, 1.82) is 0 Å². The Morgan fingerprint density at radius 3 is 2.12 bits per heavy atom. The van der Waals surface area contributed by atoms with Gasteiger partial charge in [0.05, 0.1) is 0 Å². The Bertz CT molecular complexity index is 761. The molecule has 0 aliphatic rings. The molecule has 0 heterocycles. The van der Waals surface area contributed by atoms with Gasteiger partial charge in [0.25, 0.3) is 0 Å². The molecule has 1 N–H and O–H groups in total. The first-order valence-electron chi connectivity index (χ1n) is 8.01. The number of aryl methyl sites for hydroxylation is 4. The molecule has 0 fully saturated rings. The molecule has 0 saturated carbocycles. The number of hydrogen-bond donors (Lipinski definition) is 1. The molecule has 2 aromatic carbocycles. The first-order valence-corrected chi connectivity index (χ1v) is 8.01. The van der Waals surface area contributed by atoms with Gasteiger partial charge in [-0.1, -0.05) is 35.9 Å². The molecule has 2 aromatic rings. The molecule has 126 valence electrons. The largest absolute Gasteiger partial charge is 0.324 e. The molecule has 0 bridgehead atoms. The van der Waals surface area contributed by atoms with E-state index in [0.29, 0.717) is 0 Å². The zero-order chi connectivity index (χ0) is 17.9. The number of amides is 2. The predicted molar refractivity (Wildman–Crippen MR) is 98.5 cm³/mol. The van der Waals surface area contributed by atoms with Gasteiger partial charge >= 0.3 is 0 Å². The molecular formula is C20H24N2O2. The third-order valence-electron chi connectivity index (χ3n) is 4.07. The zero-order valence-electron chi connectivity index (χ0n) is 14.9. The van der Waals surface area contributed by atoms with E-state index < -0.39 is 0 Å². The lowest BCUT2D eigenvalue weighted by Crippen LogP contribution is -2.37. The maximum Gasteiger partial charge on any atom is 0.244 e. The van der Waals surface area contributed by atoms with E-state index in [1.165, 1.54) is 11.8 Å². The van der Waals surface area contributed by atoms with Crippen LogP contribution in [0.1, 0.15) is 29.2 Å². The lowest BCUT2D eigenvalue weighted by atomic mass is 10.1. The van der Waals surface area contributed by atoms with Crippen molar-refractivity contribution in [1.82, 2.24) is 0 Å². The molecule has 0 saturated heterocycles. The summed E-state index contributed by atoms with van der Waals surface area (Å²) in [7, 11) is 0. The van der Waals surface area contributed by atoms with Crippen molar-refractivity contribution in [3.63, 3.8) is 0 Å². The first-order chi connectivity index (χ1) is 11.3. The highest BCUT2D eigenvalue weighted by molar-refractivity contribution is 6.02. The fraction of sp³-hybridized carbons (Fsp3) is 0.300. The number of nitrogens with one attached hydrogen (secondary N) is 1. The number of anilines is 2. The van der Waals surface area contributed by atoms with Crippen LogP contribution in [0.25, 0.3) is 0 Å². The summed E-state index contributed by atoms with van der Waals surface area (Å²) in [5.41, 5.74) is 5.69. The Labute approximate surface area is 143 Å². The van der Waals surface area contributed by atoms with Crippen LogP contribution in [0.15, 0.2) is 36.4 Å². The van der Waals surface area contributed by atoms with Gasteiger partial charge in [0.1, 0.15) is 6.54 Å². The Morgan fingerprint density at radius 1 is 0.958 bits per heavy atom. The van der Waals surface area contributed by atoms with Gasteiger partial charge in [0.2, 0.25) is 11.8 Å². The Hall–Kier alpha value is -2.62. The lowest BCUT2D eigenvalue weighted by Gasteiger charge is -2.23. The molecule has 0 aliphatic heterocycles. The smallest absolute Gasteiger partial charge is 0.244 e. The van der Waals surface area contributed by atoms with E-state index in [1.807, 2.05) is 64.1 Å². The Balaban J connectivity index is 2.22. The Morgan fingerprint density at radius 2 is 1.58 bits per heavy atom. The van der Waals surface area contributed by atoms with Crippen molar-refractivity contribution in [2.45, 2.75) is 34.6 Å². The van der Waals surface area contributed by atoms with E-state index in [9.17, 15) is 9.59 Å². The van der Waals surface area contributed by atoms with Crippen LogP contribution in [-0.4, -0.2) is 18.4 Å². The van der Waals surface area contributed by atoms with Crippen LogP contribution in [-0.2, 0) is 9.59 Å². The highest BCUT2D eigenvalue weighted by Gasteiger charge is 2.18. The molecule has 0 unspecified atom stereocenters. The quantitative estimate of drug-likeness (QED) is 0.927. The Kier molecular flexibility index (Phi) is 5.39. The minimum Gasteiger partial charge on any atom is -0.324 e. The predicted octanol–water partition coefficient (Wildman–Crippen LogP) is 3.91. The van der Waals surface area contributed by atoms with Gasteiger partial charge < -0.3 is 10.2 Å². The van der Waals surface area contributed by atoms with E-state index >= 15 is 0 Å². The lowest BCUT2D eigenvalue weighted by molar-refractivity contribution is -0.120. The number of para-hydroxylation sites is 1. The van der Waals surface area contributed by atoms with Gasteiger partial charge in [0, 0.05) is 18.3 Å². The van der Waals surface area contributed by atoms with Crippen LogP contribution in [0, 0.1) is 27.7 Å². The molecule has 0 radical (unpaired) electrons. The highest BCUT2D eigenvalue weighted by atomic mass is 16.2. The fourth-order valence-electron chi connectivity index (χ4n) is 2.81. The fourth-order valence-corrected chi connectivity index (χ4v) is 2.81. The number of hydrogen-bond acceptors (Lipinski definition) is 2. The summed E-state index contributed by atoms with van der Waals surface area (Å²) < 4.78 is 0. The maximum absolute atomic E-state index is 12.5. The molecule has 24 heavy (non-hydrogen) atoms. The second-order valence-corrected chi connectivity index (χ2v) is 6.21. The molecule has 0 spiro atoms. The van der Waals surface area contributed by atoms with E-state index in [2.05, 4.69) is 5.32 Å². The SMILES string of the molecule is CC(=O)N(CC(=O)Nc1c(C)cccc1C)c1ccc(C)cc1C. The van der Waals surface area contributed by atoms with Gasteiger partial charge in [-0.05, 0) is 50.5 Å². The van der Waals surface area contributed by atoms with Crippen LogP contribution in [0.3, 0.4) is 0 Å². The standard InChI is InChI=1S/C20H24N2O2/c1-13-9-10-18(16(4)11-13)22(17(5)23)12-19(24)21-20-14(2)7-6-8-15(20)3/h6-11H,12H2,1-5H3,(H,21,24). The topological polar surface area (TPSA) is 49.4 Å². The second-order valence-electron chi connectivity index (χ2n) is 6.21. The van der Waals surface area contributed by atoms with Crippen LogP contribution in [0.4, 0.5) is 11.4 Å². The normalized spacial score (nSPS) is 10.4. The molecular weight excluding hydrogens is 300 g/mol. The third kappa shape index (κ3) is 4.02. The highest BCUT2D eigenvalue weighted by Crippen LogP contribution is 2.23. The summed E-state index contributed by atoms with van der Waals surface area (Å²) in [6.07, 6.45) is 0. The number of nitrogens with zero attached hydrogens (tertiary/aromatic N) is 1. The van der Waals surface area contributed by atoms with Crippen LogP contribution in [0.5, 0.6) is 0 Å². The minimum absolute atomic E-state index is 0.00694. The summed E-state index contributed by atoms with van der Waals surface area (Å²) in [6.45, 7) is 9.33. The summed E-state index contributed by atoms with van der Waals surface area (Å²) in [6, 6.07) is 11.7. The number of rotatable bonds is 4. The summed E-state index contributed by atoms with van der Waals surface area (Å²) in [4.78, 5) is 26.0. The molecule has 4 heteroatoms. The molecule has 2 rings (SSSR count). The molecule has 0 atom stereocenters. The monoisotopic (exact) mass is 324 g/mol. The number of carbonyl (C=O) groups excluding carboxylic acids is 2. The van der Waals surface area contributed by atoms with Gasteiger partial charge in [0.15, 0.2) is 0 Å². The minimum atomic E-state index is -0.206. The number of carbonyl (C=O) groups is 2. The van der Waals surface area contributed by atoms with Gasteiger partial charge in [-0.3, -0.25) is 9.59 Å². The van der Waals surface area contributed by atoms with Gasteiger partial charge in [-0.2, -0.15) is 0 Å². The maximum atomic E-state index is 12.5. The second kappa shape index (κ2) is 7.30. The summed E-state index contributed by atoms with van der Waals surface area (Å²) in [5, 5.41) is 2.93. The first kappa shape index (κ1) is 17.7. The van der Waals surface area contributed by atoms with E-state index in [-0.39, 0.29) is 18.4 Å². The van der Waals surface area contributed by atoms with Crippen molar-refractivity contribution >= 4 is 23.2 Å².